The Balaban J connectivity index is 2.44. The van der Waals surface area contributed by atoms with Crippen molar-refractivity contribution in [2.75, 3.05) is 0 Å². The standard InChI is InChI=1S/C8H15NO2/c9-8(11-7-10)5-3-1-2-4-6-8/h7H,1-6,9H2. The number of nitrogens with two attached hydrogens (primary N) is 1. The maximum atomic E-state index is 10.1. The molecule has 3 heteroatoms. The van der Waals surface area contributed by atoms with Gasteiger partial charge in [0.2, 0.25) is 0 Å². The van der Waals surface area contributed by atoms with E-state index in [1.807, 2.05) is 0 Å². The lowest BCUT2D eigenvalue weighted by atomic mass is 10.1. The molecule has 0 spiro atoms. The molecule has 0 aliphatic heterocycles. The Labute approximate surface area is 66.9 Å². The van der Waals surface area contributed by atoms with Crippen LogP contribution in [0.4, 0.5) is 0 Å². The van der Waals surface area contributed by atoms with Crippen LogP contribution in [0.5, 0.6) is 0 Å². The normalized spacial score (nSPS) is 23.7. The average Bonchev–Trinajstić information content (AvgIpc) is 2.15. The molecule has 64 valence electrons. The van der Waals surface area contributed by atoms with E-state index in [2.05, 4.69) is 0 Å². The minimum Gasteiger partial charge on any atom is -0.446 e. The molecule has 11 heavy (non-hydrogen) atoms. The van der Waals surface area contributed by atoms with Crippen molar-refractivity contribution in [1.82, 2.24) is 0 Å². The third-order valence-electron chi connectivity index (χ3n) is 2.23. The number of hydrogen-bond donors (Lipinski definition) is 1. The summed E-state index contributed by atoms with van der Waals surface area (Å²) >= 11 is 0. The summed E-state index contributed by atoms with van der Waals surface area (Å²) in [7, 11) is 0. The van der Waals surface area contributed by atoms with Gasteiger partial charge in [-0.1, -0.05) is 12.8 Å². The van der Waals surface area contributed by atoms with E-state index in [4.69, 9.17) is 10.5 Å². The van der Waals surface area contributed by atoms with E-state index in [0.29, 0.717) is 6.47 Å². The van der Waals surface area contributed by atoms with Crippen LogP contribution in [0.15, 0.2) is 0 Å². The van der Waals surface area contributed by atoms with Crippen molar-refractivity contribution in [3.05, 3.63) is 0 Å². The van der Waals surface area contributed by atoms with Gasteiger partial charge in [-0.05, 0) is 12.8 Å². The lowest BCUT2D eigenvalue weighted by molar-refractivity contribution is -0.144. The molecule has 1 aliphatic rings. The summed E-state index contributed by atoms with van der Waals surface area (Å²) in [5.74, 6) is 0. The summed E-state index contributed by atoms with van der Waals surface area (Å²) in [6.45, 7) is 0.464. The Hall–Kier alpha value is -0.570. The van der Waals surface area contributed by atoms with Crippen LogP contribution in [0.2, 0.25) is 0 Å². The highest BCUT2D eigenvalue weighted by atomic mass is 16.5. The summed E-state index contributed by atoms with van der Waals surface area (Å²) in [6, 6.07) is 0. The first-order chi connectivity index (χ1) is 5.27. The fourth-order valence-electron chi connectivity index (χ4n) is 1.54. The average molecular weight is 157 g/mol. The van der Waals surface area contributed by atoms with Crippen molar-refractivity contribution in [2.24, 2.45) is 5.73 Å². The topological polar surface area (TPSA) is 52.3 Å². The zero-order chi connectivity index (χ0) is 8.16. The summed E-state index contributed by atoms with van der Waals surface area (Å²) in [5, 5.41) is 0. The second-order valence-electron chi connectivity index (χ2n) is 3.19. The summed E-state index contributed by atoms with van der Waals surface area (Å²) in [4.78, 5) is 10.1. The van der Waals surface area contributed by atoms with Gasteiger partial charge in [0, 0.05) is 12.8 Å². The molecule has 0 atom stereocenters. The molecular weight excluding hydrogens is 142 g/mol. The Morgan fingerprint density at radius 2 is 1.73 bits per heavy atom. The molecule has 1 aliphatic carbocycles. The Morgan fingerprint density at radius 1 is 1.18 bits per heavy atom. The molecule has 0 heterocycles. The monoisotopic (exact) mass is 157 g/mol. The largest absolute Gasteiger partial charge is 0.446 e. The number of rotatable bonds is 2. The minimum atomic E-state index is -0.655. The van der Waals surface area contributed by atoms with Gasteiger partial charge in [-0.2, -0.15) is 0 Å². The molecule has 3 nitrogen and oxygen atoms in total. The summed E-state index contributed by atoms with van der Waals surface area (Å²) in [6.07, 6.45) is 6.19. The Bertz CT molecular complexity index is 128. The van der Waals surface area contributed by atoms with Crippen molar-refractivity contribution < 1.29 is 9.53 Å². The zero-order valence-electron chi connectivity index (χ0n) is 6.71. The highest BCUT2D eigenvalue weighted by Crippen LogP contribution is 2.24. The fraction of sp³-hybridized carbons (Fsp3) is 0.875. The van der Waals surface area contributed by atoms with E-state index >= 15 is 0 Å². The van der Waals surface area contributed by atoms with Gasteiger partial charge in [-0.15, -0.1) is 0 Å². The van der Waals surface area contributed by atoms with Gasteiger partial charge in [-0.3, -0.25) is 10.5 Å². The first kappa shape index (κ1) is 8.53. The Kier molecular flexibility index (Phi) is 2.88. The predicted octanol–water partition coefficient (Wildman–Crippen LogP) is 1.17. The zero-order valence-corrected chi connectivity index (χ0v) is 6.71. The maximum absolute atomic E-state index is 10.1. The lowest BCUT2D eigenvalue weighted by Crippen LogP contribution is -2.41. The van der Waals surface area contributed by atoms with Crippen molar-refractivity contribution in [2.45, 2.75) is 44.2 Å². The van der Waals surface area contributed by atoms with E-state index < -0.39 is 5.72 Å². The van der Waals surface area contributed by atoms with Crippen LogP contribution in [-0.4, -0.2) is 12.2 Å². The van der Waals surface area contributed by atoms with Gasteiger partial charge in [0.15, 0.2) is 5.72 Å². The smallest absolute Gasteiger partial charge is 0.294 e. The first-order valence-electron chi connectivity index (χ1n) is 4.17. The number of hydrogen-bond acceptors (Lipinski definition) is 3. The van der Waals surface area contributed by atoms with Gasteiger partial charge in [0.1, 0.15) is 0 Å². The molecule has 0 aromatic rings. The van der Waals surface area contributed by atoms with E-state index in [0.717, 1.165) is 25.7 Å². The fourth-order valence-corrected chi connectivity index (χ4v) is 1.54. The van der Waals surface area contributed by atoms with Gasteiger partial charge < -0.3 is 4.74 Å². The molecule has 2 N–H and O–H groups in total. The molecular formula is C8H15NO2. The second kappa shape index (κ2) is 3.72. The molecule has 0 bridgehead atoms. The van der Waals surface area contributed by atoms with E-state index in [1.165, 1.54) is 12.8 Å². The van der Waals surface area contributed by atoms with Crippen molar-refractivity contribution in [3.8, 4) is 0 Å². The molecule has 1 rings (SSSR count). The third kappa shape index (κ3) is 2.50. The summed E-state index contributed by atoms with van der Waals surface area (Å²) in [5.41, 5.74) is 5.16. The Morgan fingerprint density at radius 3 is 2.18 bits per heavy atom. The van der Waals surface area contributed by atoms with Gasteiger partial charge in [0.05, 0.1) is 0 Å². The van der Waals surface area contributed by atoms with Crippen molar-refractivity contribution >= 4 is 6.47 Å². The van der Waals surface area contributed by atoms with Crippen molar-refractivity contribution in [1.29, 1.82) is 0 Å². The molecule has 0 saturated heterocycles. The molecule has 0 radical (unpaired) electrons. The van der Waals surface area contributed by atoms with Crippen LogP contribution in [0.25, 0.3) is 0 Å². The third-order valence-corrected chi connectivity index (χ3v) is 2.23. The van der Waals surface area contributed by atoms with Crippen LogP contribution >= 0.6 is 0 Å². The maximum Gasteiger partial charge on any atom is 0.294 e. The first-order valence-corrected chi connectivity index (χ1v) is 4.17. The molecule has 0 aromatic heterocycles. The van der Waals surface area contributed by atoms with E-state index in [-0.39, 0.29) is 0 Å². The predicted molar refractivity (Wildman–Crippen MR) is 41.8 cm³/mol. The quantitative estimate of drug-likeness (QED) is 0.372. The van der Waals surface area contributed by atoms with Crippen molar-refractivity contribution in [3.63, 3.8) is 0 Å². The number of carbonyl (C=O) groups excluding carboxylic acids is 1. The highest BCUT2D eigenvalue weighted by molar-refractivity contribution is 5.38. The minimum absolute atomic E-state index is 0.464. The SMILES string of the molecule is NC1(OC=O)CCCCCC1. The highest BCUT2D eigenvalue weighted by Gasteiger charge is 2.27. The van der Waals surface area contributed by atoms with Crippen LogP contribution in [0, 0.1) is 0 Å². The van der Waals surface area contributed by atoms with Gasteiger partial charge in [-0.25, -0.2) is 0 Å². The molecule has 1 saturated carbocycles. The van der Waals surface area contributed by atoms with Crippen LogP contribution in [0.1, 0.15) is 38.5 Å². The number of carbonyl (C=O) groups is 1. The van der Waals surface area contributed by atoms with E-state index in [9.17, 15) is 4.79 Å². The van der Waals surface area contributed by atoms with Gasteiger partial charge >= 0.3 is 0 Å². The van der Waals surface area contributed by atoms with Crippen LogP contribution in [0.3, 0.4) is 0 Å². The molecule has 1 fully saturated rings. The summed E-state index contributed by atoms with van der Waals surface area (Å²) < 4.78 is 4.85. The number of ether oxygens (including phenoxy) is 1. The van der Waals surface area contributed by atoms with E-state index in [1.54, 1.807) is 0 Å². The van der Waals surface area contributed by atoms with Crippen LogP contribution < -0.4 is 5.73 Å². The second-order valence-corrected chi connectivity index (χ2v) is 3.19. The lowest BCUT2D eigenvalue weighted by Gasteiger charge is -2.25. The van der Waals surface area contributed by atoms with Crippen LogP contribution in [-0.2, 0) is 9.53 Å². The molecule has 0 unspecified atom stereocenters. The van der Waals surface area contributed by atoms with Gasteiger partial charge in [0.25, 0.3) is 6.47 Å². The molecule has 0 aromatic carbocycles. The molecule has 0 amide bonds.